The first-order valence-electron chi connectivity index (χ1n) is 7.09. The fraction of sp³-hybridized carbons (Fsp3) is 0.235. The number of nitrogens with one attached hydrogen (secondary N) is 2. The van der Waals surface area contributed by atoms with Crippen molar-refractivity contribution in [2.45, 2.75) is 19.4 Å². The molecule has 1 atom stereocenters. The van der Waals surface area contributed by atoms with Crippen molar-refractivity contribution in [1.82, 2.24) is 10.6 Å². The molecule has 2 rings (SSSR count). The fourth-order valence-corrected chi connectivity index (χ4v) is 2.36. The zero-order valence-electron chi connectivity index (χ0n) is 12.3. The molecule has 116 valence electrons. The number of rotatable bonds is 5. The van der Waals surface area contributed by atoms with Crippen LogP contribution < -0.4 is 10.6 Å². The lowest BCUT2D eigenvalue weighted by atomic mass is 10.1. The molecule has 0 bridgehead atoms. The molecule has 0 aliphatic carbocycles. The van der Waals surface area contributed by atoms with Crippen LogP contribution in [0.2, 0.25) is 0 Å². The van der Waals surface area contributed by atoms with Crippen molar-refractivity contribution in [3.05, 3.63) is 69.9 Å². The summed E-state index contributed by atoms with van der Waals surface area (Å²) in [6.45, 7) is 2.31. The fourth-order valence-electron chi connectivity index (χ4n) is 2.09. The zero-order chi connectivity index (χ0) is 15.9. The lowest BCUT2D eigenvalue weighted by molar-refractivity contribution is 0.238. The summed E-state index contributed by atoms with van der Waals surface area (Å²) in [6.07, 6.45) is 0.465. The summed E-state index contributed by atoms with van der Waals surface area (Å²) in [5.74, 6) is -0.243. The Hall–Kier alpha value is -1.88. The van der Waals surface area contributed by atoms with Crippen LogP contribution in [-0.2, 0) is 6.42 Å². The largest absolute Gasteiger partial charge is 0.338 e. The van der Waals surface area contributed by atoms with Crippen molar-refractivity contribution in [2.24, 2.45) is 0 Å². The van der Waals surface area contributed by atoms with E-state index in [1.807, 2.05) is 31.2 Å². The average Bonchev–Trinajstić information content (AvgIpc) is 2.50. The summed E-state index contributed by atoms with van der Waals surface area (Å²) < 4.78 is 14.4. The van der Waals surface area contributed by atoms with Crippen LogP contribution in [0.3, 0.4) is 0 Å². The van der Waals surface area contributed by atoms with Crippen molar-refractivity contribution in [2.75, 3.05) is 6.54 Å². The van der Waals surface area contributed by atoms with Crippen molar-refractivity contribution >= 4 is 22.0 Å². The summed E-state index contributed by atoms with van der Waals surface area (Å²) in [7, 11) is 0. The van der Waals surface area contributed by atoms with E-state index < -0.39 is 0 Å². The van der Waals surface area contributed by atoms with E-state index in [1.165, 1.54) is 6.07 Å². The molecular weight excluding hydrogens is 347 g/mol. The molecule has 0 radical (unpaired) electrons. The third kappa shape index (κ3) is 4.84. The predicted molar refractivity (Wildman–Crippen MR) is 89.2 cm³/mol. The highest BCUT2D eigenvalue weighted by Gasteiger charge is 2.09. The molecule has 0 fully saturated rings. The molecule has 0 heterocycles. The van der Waals surface area contributed by atoms with Crippen LogP contribution in [0.15, 0.2) is 53.0 Å². The van der Waals surface area contributed by atoms with Gasteiger partial charge in [-0.3, -0.25) is 0 Å². The first kappa shape index (κ1) is 16.5. The van der Waals surface area contributed by atoms with Gasteiger partial charge in [0.05, 0.1) is 6.04 Å². The Balaban J connectivity index is 1.78. The number of carbonyl (C=O) groups is 1. The number of benzene rings is 2. The second-order valence-corrected chi connectivity index (χ2v) is 5.93. The molecule has 3 nitrogen and oxygen atoms in total. The number of hydrogen-bond acceptors (Lipinski definition) is 1. The second kappa shape index (κ2) is 7.94. The van der Waals surface area contributed by atoms with Gasteiger partial charge in [-0.15, -0.1) is 0 Å². The van der Waals surface area contributed by atoms with Gasteiger partial charge in [-0.2, -0.15) is 0 Å². The van der Waals surface area contributed by atoms with Gasteiger partial charge in [0.1, 0.15) is 5.82 Å². The Morgan fingerprint density at radius 2 is 1.86 bits per heavy atom. The second-order valence-electron chi connectivity index (χ2n) is 5.01. The molecule has 2 aromatic rings. The van der Waals surface area contributed by atoms with Crippen LogP contribution >= 0.6 is 15.9 Å². The van der Waals surface area contributed by atoms with E-state index in [0.717, 1.165) is 10.0 Å². The van der Waals surface area contributed by atoms with Crippen molar-refractivity contribution in [3.8, 4) is 0 Å². The van der Waals surface area contributed by atoms with Gasteiger partial charge in [0.2, 0.25) is 0 Å². The van der Waals surface area contributed by atoms with Crippen molar-refractivity contribution < 1.29 is 9.18 Å². The van der Waals surface area contributed by atoms with Gasteiger partial charge >= 0.3 is 6.03 Å². The van der Waals surface area contributed by atoms with E-state index in [4.69, 9.17) is 0 Å². The summed E-state index contributed by atoms with van der Waals surface area (Å²) >= 11 is 3.38. The Morgan fingerprint density at radius 1 is 1.18 bits per heavy atom. The van der Waals surface area contributed by atoms with E-state index in [-0.39, 0.29) is 17.9 Å². The van der Waals surface area contributed by atoms with E-state index in [9.17, 15) is 9.18 Å². The minimum Gasteiger partial charge on any atom is -0.338 e. The molecule has 5 heteroatoms. The van der Waals surface area contributed by atoms with Gasteiger partial charge in [-0.1, -0.05) is 46.3 Å². The number of urea groups is 1. The van der Waals surface area contributed by atoms with E-state index in [1.54, 1.807) is 18.2 Å². The quantitative estimate of drug-likeness (QED) is 0.820. The topological polar surface area (TPSA) is 41.1 Å². The molecule has 0 spiro atoms. The van der Waals surface area contributed by atoms with Gasteiger partial charge in [-0.25, -0.2) is 9.18 Å². The van der Waals surface area contributed by atoms with Crippen LogP contribution in [0.5, 0.6) is 0 Å². The summed E-state index contributed by atoms with van der Waals surface area (Å²) in [6, 6.07) is 14.0. The molecule has 2 N–H and O–H groups in total. The summed E-state index contributed by atoms with van der Waals surface area (Å²) in [4.78, 5) is 11.8. The van der Waals surface area contributed by atoms with Crippen LogP contribution in [-0.4, -0.2) is 12.6 Å². The lowest BCUT2D eigenvalue weighted by Crippen LogP contribution is -2.38. The zero-order valence-corrected chi connectivity index (χ0v) is 13.9. The molecule has 0 saturated heterocycles. The van der Waals surface area contributed by atoms with Crippen molar-refractivity contribution in [3.63, 3.8) is 0 Å². The smallest absolute Gasteiger partial charge is 0.315 e. The lowest BCUT2D eigenvalue weighted by Gasteiger charge is -2.15. The van der Waals surface area contributed by atoms with Gasteiger partial charge < -0.3 is 10.6 Å². The summed E-state index contributed by atoms with van der Waals surface area (Å²) in [5, 5.41) is 5.60. The first-order chi connectivity index (χ1) is 10.6. The highest BCUT2D eigenvalue weighted by molar-refractivity contribution is 9.10. The highest BCUT2D eigenvalue weighted by atomic mass is 79.9. The molecule has 2 aromatic carbocycles. The minimum absolute atomic E-state index is 0.0958. The molecule has 0 aliphatic heterocycles. The minimum atomic E-state index is -0.258. The van der Waals surface area contributed by atoms with Gasteiger partial charge in [-0.05, 0) is 42.7 Å². The molecule has 0 aliphatic rings. The third-order valence-electron chi connectivity index (χ3n) is 3.36. The SMILES string of the molecule is CC(NC(=O)NCCc1ccccc1F)c1ccc(Br)cc1. The van der Waals surface area contributed by atoms with Crippen LogP contribution in [0.4, 0.5) is 9.18 Å². The van der Waals surface area contributed by atoms with Gasteiger partial charge in [0.25, 0.3) is 0 Å². The molecule has 0 aromatic heterocycles. The molecule has 0 saturated carbocycles. The molecule has 2 amide bonds. The Bertz CT molecular complexity index is 631. The maximum Gasteiger partial charge on any atom is 0.315 e. The molecule has 1 unspecified atom stereocenters. The Kier molecular flexibility index (Phi) is 5.95. The summed E-state index contributed by atoms with van der Waals surface area (Å²) in [5.41, 5.74) is 1.62. The maximum atomic E-state index is 13.4. The first-order valence-corrected chi connectivity index (χ1v) is 7.89. The maximum absolute atomic E-state index is 13.4. The number of hydrogen-bond donors (Lipinski definition) is 2. The van der Waals surface area contributed by atoms with E-state index in [0.29, 0.717) is 18.5 Å². The Labute approximate surface area is 138 Å². The van der Waals surface area contributed by atoms with Gasteiger partial charge in [0, 0.05) is 11.0 Å². The monoisotopic (exact) mass is 364 g/mol. The predicted octanol–water partition coefficient (Wildman–Crippen LogP) is 4.19. The van der Waals surface area contributed by atoms with E-state index >= 15 is 0 Å². The molecule has 22 heavy (non-hydrogen) atoms. The van der Waals surface area contributed by atoms with E-state index in [2.05, 4.69) is 26.6 Å². The van der Waals surface area contributed by atoms with Crippen LogP contribution in [0.1, 0.15) is 24.1 Å². The number of halogens is 2. The van der Waals surface area contributed by atoms with Crippen LogP contribution in [0, 0.1) is 5.82 Å². The number of carbonyl (C=O) groups excluding carboxylic acids is 1. The average molecular weight is 365 g/mol. The Morgan fingerprint density at radius 3 is 2.55 bits per heavy atom. The van der Waals surface area contributed by atoms with Crippen LogP contribution in [0.25, 0.3) is 0 Å². The highest BCUT2D eigenvalue weighted by Crippen LogP contribution is 2.16. The third-order valence-corrected chi connectivity index (χ3v) is 3.88. The van der Waals surface area contributed by atoms with Crippen molar-refractivity contribution in [1.29, 1.82) is 0 Å². The molecular formula is C17H18BrFN2O. The number of amides is 2. The standard InChI is InChI=1S/C17H18BrFN2O/c1-12(13-6-8-15(18)9-7-13)21-17(22)20-11-10-14-4-2-3-5-16(14)19/h2-9,12H,10-11H2,1H3,(H2,20,21,22). The van der Waals surface area contributed by atoms with Gasteiger partial charge in [0.15, 0.2) is 0 Å². The normalized spacial score (nSPS) is 11.8.